The fourth-order valence-corrected chi connectivity index (χ4v) is 7.78. The van der Waals surface area contributed by atoms with E-state index in [-0.39, 0.29) is 56.2 Å². The highest BCUT2D eigenvalue weighted by molar-refractivity contribution is 6.35. The molecular weight excluding hydrogens is 1020 g/mol. The van der Waals surface area contributed by atoms with Gasteiger partial charge in [-0.05, 0) is 120 Å². The number of Topliss-reactive ketones (excluding diaryl/α,β-unsaturated/α-hetero) is 2. The van der Waals surface area contributed by atoms with Crippen molar-refractivity contribution in [1.29, 1.82) is 0 Å². The number of carbonyl (C=O) groups excluding carboxylic acids is 6. The average Bonchev–Trinajstić information content (AvgIpc) is 3.31. The van der Waals surface area contributed by atoms with Gasteiger partial charge in [0.2, 0.25) is 12.1 Å². The van der Waals surface area contributed by atoms with Crippen molar-refractivity contribution < 1.29 is 38.2 Å². The Morgan fingerprint density at radius 2 is 1.03 bits per heavy atom. The monoisotopic (exact) mass is 1060 g/mol. The molecule has 5 aromatic rings. The molecule has 4 atom stereocenters. The van der Waals surface area contributed by atoms with Crippen molar-refractivity contribution in [2.75, 3.05) is 40.4 Å². The van der Waals surface area contributed by atoms with Crippen LogP contribution < -0.4 is 30.7 Å². The number of alkyl halides is 3. The summed E-state index contributed by atoms with van der Waals surface area (Å²) >= 11 is 31.7. The van der Waals surface area contributed by atoms with Gasteiger partial charge in [0.15, 0.2) is 11.6 Å². The third-order valence-electron chi connectivity index (χ3n) is 10.2. The normalized spacial score (nSPS) is 12.9. The van der Waals surface area contributed by atoms with Crippen LogP contribution in [0.4, 0.5) is 34.1 Å². The van der Waals surface area contributed by atoms with Crippen LogP contribution in [0.25, 0.3) is 0 Å². The first-order valence-corrected chi connectivity index (χ1v) is 24.2. The fourth-order valence-electron chi connectivity index (χ4n) is 6.82. The summed E-state index contributed by atoms with van der Waals surface area (Å²) in [7, 11) is 0. The Balaban J connectivity index is 1.29. The number of aryl methyl sites for hydroxylation is 1. The lowest BCUT2D eigenvalue weighted by Gasteiger charge is -2.17. The van der Waals surface area contributed by atoms with Crippen LogP contribution in [0.1, 0.15) is 89.7 Å². The maximum Gasteiger partial charge on any atom is 0.258 e. The van der Waals surface area contributed by atoms with Gasteiger partial charge in [-0.2, -0.15) is 20.5 Å². The van der Waals surface area contributed by atoms with Crippen LogP contribution in [0.15, 0.2) is 111 Å². The molecule has 5 rings (SSSR count). The van der Waals surface area contributed by atoms with Crippen molar-refractivity contribution >= 4 is 127 Å². The van der Waals surface area contributed by atoms with Crippen LogP contribution >= 0.6 is 58.0 Å². The fraction of sp³-hybridized carbons (Fsp3) is 0.280. The predicted molar refractivity (Wildman–Crippen MR) is 279 cm³/mol. The van der Waals surface area contributed by atoms with E-state index in [1.165, 1.54) is 68.4 Å². The number of benzene rings is 5. The van der Waals surface area contributed by atoms with Gasteiger partial charge < -0.3 is 30.7 Å². The van der Waals surface area contributed by atoms with E-state index in [2.05, 4.69) is 41.7 Å². The number of amides is 4. The van der Waals surface area contributed by atoms with E-state index in [0.717, 1.165) is 0 Å². The van der Waals surface area contributed by atoms with Gasteiger partial charge in [0, 0.05) is 28.4 Å². The van der Waals surface area contributed by atoms with Crippen LogP contribution in [-0.4, -0.2) is 66.4 Å². The van der Waals surface area contributed by atoms with Gasteiger partial charge >= 0.3 is 0 Å². The summed E-state index contributed by atoms with van der Waals surface area (Å²) in [4.78, 5) is 79.5. The van der Waals surface area contributed by atoms with E-state index in [9.17, 15) is 28.8 Å². The minimum Gasteiger partial charge on any atom is -0.491 e. The lowest BCUT2D eigenvalue weighted by Crippen LogP contribution is -2.32. The molecular formula is C50H49Cl5N8O8. The van der Waals surface area contributed by atoms with Gasteiger partial charge in [-0.3, -0.25) is 28.8 Å². The second kappa shape index (κ2) is 26.1. The summed E-state index contributed by atoms with van der Waals surface area (Å²) < 4.78 is 11.6. The van der Waals surface area contributed by atoms with Crippen LogP contribution in [0, 0.1) is 0 Å². The Bertz CT molecular complexity index is 2880. The number of hydrogen-bond donors (Lipinski definition) is 4. The van der Waals surface area contributed by atoms with Crippen molar-refractivity contribution in [1.82, 2.24) is 0 Å². The molecule has 0 aliphatic rings. The van der Waals surface area contributed by atoms with E-state index in [0.29, 0.717) is 52.8 Å². The molecule has 21 heteroatoms. The van der Waals surface area contributed by atoms with Gasteiger partial charge in [-0.1, -0.05) is 47.5 Å². The highest BCUT2D eigenvalue weighted by Crippen LogP contribution is 2.38. The Hall–Kier alpha value is -6.43. The first-order chi connectivity index (χ1) is 33.9. The van der Waals surface area contributed by atoms with Gasteiger partial charge in [-0.15, -0.1) is 34.8 Å². The summed E-state index contributed by atoms with van der Waals surface area (Å²) in [5.41, 5.74) is 3.35. The molecule has 4 amide bonds. The SMILES string of the molecule is CCOc1c(NC(=O)c2cc(N=NC(C(C)=O)C(=O)Nc3ccc(NC(=O)C(N=Nc4ccc(Cl)c(C(=O)Nc5cccc(C(C)Cl)c5OCC)c4)C(C)=O)c(CCCl)c3)ccc2Cl)cccc1C(C)Cl. The maximum absolute atomic E-state index is 13.6. The van der Waals surface area contributed by atoms with E-state index >= 15 is 0 Å². The van der Waals surface area contributed by atoms with Crippen molar-refractivity contribution in [2.24, 2.45) is 20.5 Å². The molecule has 0 heterocycles. The first-order valence-electron chi connectivity index (χ1n) is 22.0. The standard InChI is InChI=1S/C50H49Cl5N8O8/c1-7-70-45-34(26(3)52)11-9-13-41(45)58-47(66)36-24-32(15-18-38(36)54)60-62-43(28(5)64)49(68)56-31-17-20-40(30(23-31)21-22-51)57-50(69)44(29(6)65)63-61-33-16-19-39(55)37(25-33)48(67)59-42-14-10-12-35(27(4)53)46(42)71-8-2/h9-20,23-27,43-44H,7-8,21-22H2,1-6H3,(H,56,68)(H,57,69)(H,58,66)(H,59,67). The predicted octanol–water partition coefficient (Wildman–Crippen LogP) is 13.0. The molecule has 0 aromatic heterocycles. The van der Waals surface area contributed by atoms with Crippen molar-refractivity contribution in [3.05, 3.63) is 129 Å². The molecule has 4 N–H and O–H groups in total. The van der Waals surface area contributed by atoms with Crippen LogP contribution in [-0.2, 0) is 25.6 Å². The summed E-state index contributed by atoms with van der Waals surface area (Å²) in [5.74, 6) is -3.19. The molecule has 0 spiro atoms. The summed E-state index contributed by atoms with van der Waals surface area (Å²) in [6.07, 6.45) is 0.205. The number of ketones is 2. The number of ether oxygens (including phenoxy) is 2. The van der Waals surface area contributed by atoms with Crippen LogP contribution in [0.2, 0.25) is 10.0 Å². The molecule has 0 bridgehead atoms. The second-order valence-electron chi connectivity index (χ2n) is 15.5. The molecule has 5 aromatic carbocycles. The van der Waals surface area contributed by atoms with E-state index in [4.69, 9.17) is 67.5 Å². The number of nitrogens with one attached hydrogen (secondary N) is 4. The summed E-state index contributed by atoms with van der Waals surface area (Å²) in [6.45, 7) is 10.2. The smallest absolute Gasteiger partial charge is 0.258 e. The Kier molecular flexibility index (Phi) is 20.4. The van der Waals surface area contributed by atoms with Crippen LogP contribution in [0.3, 0.4) is 0 Å². The van der Waals surface area contributed by atoms with E-state index in [1.807, 2.05) is 0 Å². The first kappa shape index (κ1) is 55.5. The number of carbonyl (C=O) groups is 6. The molecule has 372 valence electrons. The molecule has 4 unspecified atom stereocenters. The number of halogens is 5. The Labute approximate surface area is 435 Å². The molecule has 16 nitrogen and oxygen atoms in total. The summed E-state index contributed by atoms with van der Waals surface area (Å²) in [5, 5.41) is 26.5. The number of para-hydroxylation sites is 2. The number of rotatable bonds is 22. The zero-order valence-corrected chi connectivity index (χ0v) is 43.0. The van der Waals surface area contributed by atoms with Crippen molar-refractivity contribution in [2.45, 2.75) is 70.8 Å². The van der Waals surface area contributed by atoms with Crippen molar-refractivity contribution in [3.63, 3.8) is 0 Å². The van der Waals surface area contributed by atoms with Gasteiger partial charge in [0.25, 0.3) is 23.6 Å². The van der Waals surface area contributed by atoms with E-state index in [1.54, 1.807) is 64.1 Å². The number of hydrogen-bond acceptors (Lipinski definition) is 12. The second-order valence-corrected chi connectivity index (χ2v) is 18.0. The Morgan fingerprint density at radius 1 is 0.577 bits per heavy atom. The largest absolute Gasteiger partial charge is 0.491 e. The molecule has 0 saturated heterocycles. The number of anilines is 4. The summed E-state index contributed by atoms with van der Waals surface area (Å²) in [6, 6.07) is 20.1. The number of azo groups is 2. The quantitative estimate of drug-likeness (QED) is 0.0296. The highest BCUT2D eigenvalue weighted by Gasteiger charge is 2.27. The molecule has 71 heavy (non-hydrogen) atoms. The minimum absolute atomic E-state index is 0.0317. The zero-order valence-electron chi connectivity index (χ0n) is 39.2. The molecule has 0 radical (unpaired) electrons. The lowest BCUT2D eigenvalue weighted by atomic mass is 10.1. The van der Waals surface area contributed by atoms with E-state index < -0.39 is 58.0 Å². The zero-order chi connectivity index (χ0) is 51.9. The minimum atomic E-state index is -1.61. The lowest BCUT2D eigenvalue weighted by molar-refractivity contribution is -0.127. The van der Waals surface area contributed by atoms with Crippen molar-refractivity contribution in [3.8, 4) is 11.5 Å². The molecule has 0 fully saturated rings. The van der Waals surface area contributed by atoms with Gasteiger partial charge in [0.1, 0.15) is 11.5 Å². The van der Waals surface area contributed by atoms with Gasteiger partial charge in [-0.25, -0.2) is 0 Å². The maximum atomic E-state index is 13.6. The molecule has 0 saturated carbocycles. The molecule has 0 aliphatic carbocycles. The van der Waals surface area contributed by atoms with Crippen LogP contribution in [0.5, 0.6) is 11.5 Å². The third-order valence-corrected chi connectivity index (χ3v) is 11.6. The topological polar surface area (TPSA) is 218 Å². The average molecular weight is 1070 g/mol. The molecule has 0 aliphatic heterocycles. The Morgan fingerprint density at radius 3 is 1.44 bits per heavy atom. The van der Waals surface area contributed by atoms with Gasteiger partial charge in [0.05, 0.1) is 67.9 Å². The third kappa shape index (κ3) is 14.8. The highest BCUT2D eigenvalue weighted by atomic mass is 35.5. The number of nitrogens with zero attached hydrogens (tertiary/aromatic N) is 4.